The Bertz CT molecular complexity index is 391. The van der Waals surface area contributed by atoms with Crippen LogP contribution < -0.4 is 16.6 Å². The van der Waals surface area contributed by atoms with E-state index in [4.69, 9.17) is 16.0 Å². The zero-order valence-electron chi connectivity index (χ0n) is 10.6. The summed E-state index contributed by atoms with van der Waals surface area (Å²) in [6, 6.07) is 0. The number of alkyl halides is 3. The van der Waals surface area contributed by atoms with Crippen LogP contribution in [-0.2, 0) is 9.53 Å². The number of rotatable bonds is 4. The predicted octanol–water partition coefficient (Wildman–Crippen LogP) is -0.678. The molecular formula is C10H16F3N5O2. The van der Waals surface area contributed by atoms with Gasteiger partial charge in [0.2, 0.25) is 0 Å². The number of nitrogens with one attached hydrogen (secondary N) is 3. The Morgan fingerprint density at radius 1 is 1.40 bits per heavy atom. The number of halogens is 3. The molecule has 0 spiro atoms. The van der Waals surface area contributed by atoms with Gasteiger partial charge in [-0.05, 0) is 0 Å². The normalized spacial score (nSPS) is 16.8. The lowest BCUT2D eigenvalue weighted by Gasteiger charge is -2.29. The monoisotopic (exact) mass is 295 g/mol. The fourth-order valence-corrected chi connectivity index (χ4v) is 1.55. The van der Waals surface area contributed by atoms with E-state index >= 15 is 0 Å². The van der Waals surface area contributed by atoms with Crippen molar-refractivity contribution < 1.29 is 22.7 Å². The van der Waals surface area contributed by atoms with Gasteiger partial charge in [0.05, 0.1) is 18.8 Å². The molecule has 1 fully saturated rings. The van der Waals surface area contributed by atoms with Gasteiger partial charge in [0.25, 0.3) is 5.91 Å². The Labute approximate surface area is 113 Å². The number of amidine groups is 1. The second kappa shape index (κ2) is 7.10. The lowest BCUT2D eigenvalue weighted by Crippen LogP contribution is -2.45. The molecule has 0 aliphatic carbocycles. The average Bonchev–Trinajstić information content (AvgIpc) is 2.42. The fraction of sp³-hybridized carbons (Fsp3) is 0.600. The number of carbonyl (C=O) groups excluding carboxylic acids is 1. The number of hydrazine groups is 1. The largest absolute Gasteiger partial charge is 0.405 e. The summed E-state index contributed by atoms with van der Waals surface area (Å²) in [4.78, 5) is 13.1. The molecule has 1 saturated heterocycles. The van der Waals surface area contributed by atoms with Crippen LogP contribution in [0.25, 0.3) is 0 Å². The van der Waals surface area contributed by atoms with Crippen molar-refractivity contribution in [1.82, 2.24) is 15.6 Å². The molecule has 114 valence electrons. The van der Waals surface area contributed by atoms with Gasteiger partial charge in [-0.1, -0.05) is 0 Å². The van der Waals surface area contributed by atoms with Gasteiger partial charge < -0.3 is 15.0 Å². The molecule has 0 aromatic heterocycles. The Kier molecular flexibility index (Phi) is 5.77. The molecule has 1 heterocycles. The van der Waals surface area contributed by atoms with Crippen LogP contribution in [0.5, 0.6) is 0 Å². The smallest absolute Gasteiger partial charge is 0.382 e. The summed E-state index contributed by atoms with van der Waals surface area (Å²) >= 11 is 0. The lowest BCUT2D eigenvalue weighted by atomic mass is 10.2. The van der Waals surface area contributed by atoms with E-state index in [-0.39, 0.29) is 11.4 Å². The van der Waals surface area contributed by atoms with E-state index in [2.05, 4.69) is 0 Å². The molecule has 20 heavy (non-hydrogen) atoms. The summed E-state index contributed by atoms with van der Waals surface area (Å²) in [7, 11) is 0. The summed E-state index contributed by atoms with van der Waals surface area (Å²) in [6.45, 7) is 0.233. The first-order valence-corrected chi connectivity index (χ1v) is 5.78. The highest BCUT2D eigenvalue weighted by molar-refractivity contribution is 6.19. The van der Waals surface area contributed by atoms with E-state index in [0.717, 1.165) is 6.20 Å². The first kappa shape index (κ1) is 16.2. The van der Waals surface area contributed by atoms with Crippen LogP contribution >= 0.6 is 0 Å². The van der Waals surface area contributed by atoms with E-state index in [1.807, 2.05) is 5.32 Å². The van der Waals surface area contributed by atoms with Gasteiger partial charge in [0.1, 0.15) is 12.4 Å². The van der Waals surface area contributed by atoms with Crippen LogP contribution in [0.4, 0.5) is 13.2 Å². The van der Waals surface area contributed by atoms with Crippen LogP contribution in [0.15, 0.2) is 11.8 Å². The van der Waals surface area contributed by atoms with Crippen molar-refractivity contribution in [3.05, 3.63) is 11.8 Å². The third-order valence-corrected chi connectivity index (χ3v) is 2.51. The number of amides is 1. The SMILES string of the molecule is N=C(/C(=C\NCC(F)(F)F)C(=O)NN)N1CCOCC1. The first-order chi connectivity index (χ1) is 9.35. The van der Waals surface area contributed by atoms with Crippen LogP contribution in [0.1, 0.15) is 0 Å². The summed E-state index contributed by atoms with van der Waals surface area (Å²) in [5.41, 5.74) is 1.54. The number of hydrogen-bond donors (Lipinski definition) is 4. The molecule has 0 unspecified atom stereocenters. The molecule has 5 N–H and O–H groups in total. The Morgan fingerprint density at radius 3 is 2.50 bits per heavy atom. The maximum atomic E-state index is 12.0. The van der Waals surface area contributed by atoms with Gasteiger partial charge in [0, 0.05) is 19.3 Å². The lowest BCUT2D eigenvalue weighted by molar-refractivity contribution is -0.123. The van der Waals surface area contributed by atoms with E-state index < -0.39 is 18.6 Å². The highest BCUT2D eigenvalue weighted by Crippen LogP contribution is 2.12. The standard InChI is InChI=1S/C10H16F3N5O2/c11-10(12,13)6-16-5-7(9(19)17-15)8(14)18-1-3-20-4-2-18/h5,14,16H,1-4,6,15H2,(H,17,19)/b7-5+,14-8?. The average molecular weight is 295 g/mol. The van der Waals surface area contributed by atoms with Crippen molar-refractivity contribution in [2.24, 2.45) is 5.84 Å². The number of morpholine rings is 1. The Hall–Kier alpha value is -1.81. The molecule has 0 aromatic carbocycles. The molecule has 7 nitrogen and oxygen atoms in total. The minimum atomic E-state index is -4.41. The molecule has 1 aliphatic rings. The van der Waals surface area contributed by atoms with Crippen molar-refractivity contribution in [1.29, 1.82) is 5.41 Å². The maximum Gasteiger partial charge on any atom is 0.405 e. The molecule has 0 atom stereocenters. The van der Waals surface area contributed by atoms with Gasteiger partial charge in [-0.2, -0.15) is 13.2 Å². The van der Waals surface area contributed by atoms with Gasteiger partial charge in [-0.15, -0.1) is 0 Å². The molecule has 0 radical (unpaired) electrons. The van der Waals surface area contributed by atoms with E-state index in [0.29, 0.717) is 26.3 Å². The Morgan fingerprint density at radius 2 is 2.00 bits per heavy atom. The highest BCUT2D eigenvalue weighted by Gasteiger charge is 2.27. The molecular weight excluding hydrogens is 279 g/mol. The predicted molar refractivity (Wildman–Crippen MR) is 64.6 cm³/mol. The summed E-state index contributed by atoms with van der Waals surface area (Å²) in [5.74, 6) is 3.93. The topological polar surface area (TPSA) is 103 Å². The third kappa shape index (κ3) is 5.05. The van der Waals surface area contributed by atoms with Gasteiger partial charge >= 0.3 is 6.18 Å². The first-order valence-electron chi connectivity index (χ1n) is 5.78. The van der Waals surface area contributed by atoms with Gasteiger partial charge in [-0.25, -0.2) is 5.84 Å². The molecule has 0 saturated carbocycles. The molecule has 0 aromatic rings. The van der Waals surface area contributed by atoms with Crippen molar-refractivity contribution in [3.63, 3.8) is 0 Å². The van der Waals surface area contributed by atoms with Crippen LogP contribution in [0.2, 0.25) is 0 Å². The second-order valence-electron chi connectivity index (χ2n) is 3.98. The van der Waals surface area contributed by atoms with Crippen LogP contribution in [0.3, 0.4) is 0 Å². The molecule has 1 amide bonds. The third-order valence-electron chi connectivity index (χ3n) is 2.51. The fourth-order valence-electron chi connectivity index (χ4n) is 1.55. The highest BCUT2D eigenvalue weighted by atomic mass is 19.4. The number of nitrogens with two attached hydrogens (primary N) is 1. The molecule has 1 aliphatic heterocycles. The molecule has 10 heteroatoms. The van der Waals surface area contributed by atoms with E-state index in [9.17, 15) is 18.0 Å². The summed E-state index contributed by atoms with van der Waals surface area (Å²) in [6.07, 6.45) is -3.57. The summed E-state index contributed by atoms with van der Waals surface area (Å²) < 4.78 is 41.2. The van der Waals surface area contributed by atoms with Crippen molar-refractivity contribution in [3.8, 4) is 0 Å². The quantitative estimate of drug-likeness (QED) is 0.137. The van der Waals surface area contributed by atoms with E-state index in [1.165, 1.54) is 4.90 Å². The minimum Gasteiger partial charge on any atom is -0.382 e. The minimum absolute atomic E-state index is 0.203. The van der Waals surface area contributed by atoms with Crippen molar-refractivity contribution in [2.45, 2.75) is 6.18 Å². The van der Waals surface area contributed by atoms with Crippen LogP contribution in [0, 0.1) is 5.41 Å². The number of ether oxygens (including phenoxy) is 1. The molecule has 1 rings (SSSR count). The summed E-state index contributed by atoms with van der Waals surface area (Å²) in [5, 5.41) is 9.83. The maximum absolute atomic E-state index is 12.0. The zero-order valence-corrected chi connectivity index (χ0v) is 10.6. The van der Waals surface area contributed by atoms with Crippen molar-refractivity contribution in [2.75, 3.05) is 32.8 Å². The second-order valence-corrected chi connectivity index (χ2v) is 3.98. The van der Waals surface area contributed by atoms with Crippen LogP contribution in [-0.4, -0.2) is 55.7 Å². The molecule has 0 bridgehead atoms. The van der Waals surface area contributed by atoms with Gasteiger partial charge in [0.15, 0.2) is 0 Å². The number of hydrogen-bond acceptors (Lipinski definition) is 5. The number of carbonyl (C=O) groups is 1. The van der Waals surface area contributed by atoms with Gasteiger partial charge in [-0.3, -0.25) is 15.6 Å². The Balaban J connectivity index is 2.74. The van der Waals surface area contributed by atoms with E-state index in [1.54, 1.807) is 5.43 Å². The van der Waals surface area contributed by atoms with Crippen molar-refractivity contribution >= 4 is 11.7 Å². The zero-order chi connectivity index (χ0) is 15.2. The number of nitrogens with zero attached hydrogens (tertiary/aromatic N) is 1.